The van der Waals surface area contributed by atoms with E-state index in [2.05, 4.69) is 9.97 Å². The van der Waals surface area contributed by atoms with Crippen LogP contribution in [-0.2, 0) is 16.9 Å². The first-order valence-electron chi connectivity index (χ1n) is 6.50. The molecule has 6 nitrogen and oxygen atoms in total. The van der Waals surface area contributed by atoms with Crippen molar-refractivity contribution in [3.63, 3.8) is 0 Å². The Morgan fingerprint density at radius 1 is 1.14 bits per heavy atom. The molecule has 1 aromatic carbocycles. The first-order valence-corrected chi connectivity index (χ1v) is 8.39. The van der Waals surface area contributed by atoms with E-state index in [4.69, 9.17) is 0 Å². The fourth-order valence-corrected chi connectivity index (χ4v) is 2.73. The smallest absolute Gasteiger partial charge is 0.259 e. The van der Waals surface area contributed by atoms with Crippen molar-refractivity contribution in [1.82, 2.24) is 14.5 Å². The van der Waals surface area contributed by atoms with Crippen molar-refractivity contribution in [3.8, 4) is 11.1 Å². The molecule has 0 saturated heterocycles. The molecule has 0 amide bonds. The number of benzene rings is 1. The molecule has 7 heteroatoms. The number of hydrogen-bond donors (Lipinski definition) is 0. The van der Waals surface area contributed by atoms with Gasteiger partial charge in [-0.05, 0) is 11.6 Å². The molecule has 0 aliphatic carbocycles. The van der Waals surface area contributed by atoms with Gasteiger partial charge in [0.15, 0.2) is 0 Å². The number of aryl methyl sites for hydroxylation is 1. The third-order valence-electron chi connectivity index (χ3n) is 3.34. The van der Waals surface area contributed by atoms with Gasteiger partial charge in [-0.15, -0.1) is 0 Å². The highest BCUT2D eigenvalue weighted by Gasteiger charge is 2.15. The third-order valence-corrected chi connectivity index (χ3v) is 4.20. The van der Waals surface area contributed by atoms with Gasteiger partial charge in [0.05, 0.1) is 0 Å². The second-order valence-electron chi connectivity index (χ2n) is 4.99. The predicted octanol–water partition coefficient (Wildman–Crippen LogP) is 1.40. The molecule has 0 aliphatic rings. The topological polar surface area (TPSA) is 81.9 Å². The molecule has 3 rings (SSSR count). The van der Waals surface area contributed by atoms with Crippen molar-refractivity contribution in [3.05, 3.63) is 52.9 Å². The summed E-state index contributed by atoms with van der Waals surface area (Å²) in [6, 6.07) is 10.9. The summed E-state index contributed by atoms with van der Waals surface area (Å²) in [5.74, 6) is 0. The van der Waals surface area contributed by atoms with E-state index in [1.165, 1.54) is 10.8 Å². The van der Waals surface area contributed by atoms with Gasteiger partial charge in [-0.3, -0.25) is 9.36 Å². The largest absolute Gasteiger partial charge is 0.295 e. The Morgan fingerprint density at radius 3 is 2.45 bits per heavy atom. The zero-order chi connectivity index (χ0) is 15.9. The predicted molar refractivity (Wildman–Crippen MR) is 83.3 cm³/mol. The van der Waals surface area contributed by atoms with E-state index in [0.29, 0.717) is 16.6 Å². The summed E-state index contributed by atoms with van der Waals surface area (Å²) in [6.45, 7) is 0. The number of nitrogens with zero attached hydrogens (tertiary/aromatic N) is 3. The van der Waals surface area contributed by atoms with E-state index in [0.717, 1.165) is 11.8 Å². The Kier molecular flexibility index (Phi) is 3.29. The summed E-state index contributed by atoms with van der Waals surface area (Å²) in [5.41, 5.74) is 1.36. The van der Waals surface area contributed by atoms with Gasteiger partial charge in [0.25, 0.3) is 5.56 Å². The number of sulfone groups is 1. The minimum atomic E-state index is -3.52. The lowest BCUT2D eigenvalue weighted by Gasteiger charge is -2.08. The Bertz CT molecular complexity index is 1030. The molecular formula is C15H13N3O3S. The normalized spacial score (nSPS) is 11.7. The fourth-order valence-electron chi connectivity index (χ4n) is 2.23. The van der Waals surface area contributed by atoms with Crippen LogP contribution in [0.3, 0.4) is 0 Å². The molecule has 0 unspecified atom stereocenters. The zero-order valence-corrected chi connectivity index (χ0v) is 12.8. The van der Waals surface area contributed by atoms with Crippen LogP contribution in [0.5, 0.6) is 0 Å². The Morgan fingerprint density at radius 2 is 1.82 bits per heavy atom. The second-order valence-corrected chi connectivity index (χ2v) is 6.90. The van der Waals surface area contributed by atoms with Crippen LogP contribution in [0.1, 0.15) is 0 Å². The van der Waals surface area contributed by atoms with Gasteiger partial charge in [0.2, 0.25) is 15.0 Å². The molecule has 0 aliphatic heterocycles. The molecule has 112 valence electrons. The van der Waals surface area contributed by atoms with Gasteiger partial charge in [-0.2, -0.15) is 4.98 Å². The number of pyridine rings is 1. The third kappa shape index (κ3) is 2.39. The van der Waals surface area contributed by atoms with Crippen molar-refractivity contribution in [2.24, 2.45) is 7.05 Å². The lowest BCUT2D eigenvalue weighted by atomic mass is 10.1. The SMILES string of the molecule is Cn1c(=O)c(-c2ccccc2)cc2cnc(S(C)(=O)=O)nc21. The summed E-state index contributed by atoms with van der Waals surface area (Å²) in [7, 11) is -1.96. The van der Waals surface area contributed by atoms with Gasteiger partial charge in [0, 0.05) is 30.4 Å². The average Bonchev–Trinajstić information content (AvgIpc) is 2.50. The second kappa shape index (κ2) is 5.03. The first-order chi connectivity index (χ1) is 10.4. The molecule has 0 atom stereocenters. The standard InChI is InChI=1S/C15H13N3O3S/c1-18-13-11(9-16-15(17-13)22(2,20)21)8-12(14(18)19)10-6-4-3-5-7-10/h3-9H,1-2H3. The summed E-state index contributed by atoms with van der Waals surface area (Å²) in [4.78, 5) is 20.4. The van der Waals surface area contributed by atoms with Gasteiger partial charge in [0.1, 0.15) is 5.65 Å². The van der Waals surface area contributed by atoms with E-state index in [-0.39, 0.29) is 10.7 Å². The maximum atomic E-state index is 12.5. The lowest BCUT2D eigenvalue weighted by Crippen LogP contribution is -2.20. The molecule has 0 bridgehead atoms. The Labute approximate surface area is 127 Å². The minimum Gasteiger partial charge on any atom is -0.295 e. The van der Waals surface area contributed by atoms with Crippen LogP contribution in [0, 0.1) is 0 Å². The van der Waals surface area contributed by atoms with E-state index < -0.39 is 9.84 Å². The van der Waals surface area contributed by atoms with Crippen LogP contribution in [0.2, 0.25) is 0 Å². The Balaban J connectivity index is 2.34. The van der Waals surface area contributed by atoms with Gasteiger partial charge < -0.3 is 0 Å². The van der Waals surface area contributed by atoms with Crippen LogP contribution in [0.4, 0.5) is 0 Å². The van der Waals surface area contributed by atoms with E-state index in [1.807, 2.05) is 30.3 Å². The average molecular weight is 315 g/mol. The van der Waals surface area contributed by atoms with Gasteiger partial charge in [-0.25, -0.2) is 13.4 Å². The fraction of sp³-hybridized carbons (Fsp3) is 0.133. The van der Waals surface area contributed by atoms with E-state index in [1.54, 1.807) is 13.1 Å². The molecule has 0 fully saturated rings. The molecule has 2 heterocycles. The summed E-state index contributed by atoms with van der Waals surface area (Å²) in [6.07, 6.45) is 2.45. The van der Waals surface area contributed by atoms with Gasteiger partial charge >= 0.3 is 0 Å². The summed E-state index contributed by atoms with van der Waals surface area (Å²) >= 11 is 0. The van der Waals surface area contributed by atoms with Crippen LogP contribution >= 0.6 is 0 Å². The van der Waals surface area contributed by atoms with Crippen molar-refractivity contribution in [2.75, 3.05) is 6.26 Å². The van der Waals surface area contributed by atoms with Crippen LogP contribution in [0.25, 0.3) is 22.2 Å². The molecule has 0 N–H and O–H groups in total. The maximum absolute atomic E-state index is 12.5. The Hall–Kier alpha value is -2.54. The molecular weight excluding hydrogens is 302 g/mol. The molecule has 0 radical (unpaired) electrons. The lowest BCUT2D eigenvalue weighted by molar-refractivity contribution is 0.593. The van der Waals surface area contributed by atoms with E-state index >= 15 is 0 Å². The van der Waals surface area contributed by atoms with Crippen molar-refractivity contribution >= 4 is 20.9 Å². The summed E-state index contributed by atoms with van der Waals surface area (Å²) in [5, 5.41) is 0.316. The maximum Gasteiger partial charge on any atom is 0.259 e. The zero-order valence-electron chi connectivity index (χ0n) is 12.0. The minimum absolute atomic E-state index is 0.239. The first kappa shape index (κ1) is 14.4. The number of fused-ring (bicyclic) bond motifs is 1. The number of aromatic nitrogens is 3. The molecule has 2 aromatic heterocycles. The quantitative estimate of drug-likeness (QED) is 0.668. The van der Waals surface area contributed by atoms with Crippen LogP contribution in [-0.4, -0.2) is 29.2 Å². The number of rotatable bonds is 2. The summed E-state index contributed by atoms with van der Waals surface area (Å²) < 4.78 is 24.4. The van der Waals surface area contributed by atoms with Crippen molar-refractivity contribution < 1.29 is 8.42 Å². The van der Waals surface area contributed by atoms with Crippen molar-refractivity contribution in [2.45, 2.75) is 5.16 Å². The number of hydrogen-bond acceptors (Lipinski definition) is 5. The van der Waals surface area contributed by atoms with Crippen LogP contribution in [0.15, 0.2) is 52.5 Å². The highest BCUT2D eigenvalue weighted by molar-refractivity contribution is 7.90. The van der Waals surface area contributed by atoms with Crippen LogP contribution < -0.4 is 5.56 Å². The highest BCUT2D eigenvalue weighted by atomic mass is 32.2. The molecule has 0 spiro atoms. The van der Waals surface area contributed by atoms with E-state index in [9.17, 15) is 13.2 Å². The van der Waals surface area contributed by atoms with Gasteiger partial charge in [-0.1, -0.05) is 30.3 Å². The highest BCUT2D eigenvalue weighted by Crippen LogP contribution is 2.19. The molecule has 0 saturated carbocycles. The monoisotopic (exact) mass is 315 g/mol. The molecule has 3 aromatic rings. The van der Waals surface area contributed by atoms with Crippen molar-refractivity contribution in [1.29, 1.82) is 0 Å². The molecule has 22 heavy (non-hydrogen) atoms.